The monoisotopic (exact) mass is 267 g/mol. The zero-order valence-corrected chi connectivity index (χ0v) is 10.6. The van der Waals surface area contributed by atoms with Gasteiger partial charge in [0.1, 0.15) is 0 Å². The smallest absolute Gasteiger partial charge is 0.347 e. The first-order valence-corrected chi connectivity index (χ1v) is 6.47. The maximum atomic E-state index is 12.7. The lowest BCUT2D eigenvalue weighted by atomic mass is 9.85. The van der Waals surface area contributed by atoms with Gasteiger partial charge in [-0.25, -0.2) is 0 Å². The molecule has 0 radical (unpaired) electrons. The Labute approximate surface area is 105 Å². The molecule has 6 heteroatoms. The highest BCUT2D eigenvalue weighted by Crippen LogP contribution is 2.37. The number of alkyl halides is 3. The van der Waals surface area contributed by atoms with Gasteiger partial charge in [-0.1, -0.05) is 6.42 Å². The van der Waals surface area contributed by atoms with Crippen molar-refractivity contribution < 1.29 is 22.6 Å². The molecule has 1 aliphatic heterocycles. The van der Waals surface area contributed by atoms with Gasteiger partial charge >= 0.3 is 6.18 Å². The van der Waals surface area contributed by atoms with E-state index in [1.807, 2.05) is 6.92 Å². The quantitative estimate of drug-likeness (QED) is 0.852. The van der Waals surface area contributed by atoms with Crippen LogP contribution < -0.4 is 5.32 Å². The molecule has 0 unspecified atom stereocenters. The average Bonchev–Trinajstić information content (AvgIpc) is 2.74. The summed E-state index contributed by atoms with van der Waals surface area (Å²) in [5, 5.41) is 3.16. The van der Waals surface area contributed by atoms with Crippen molar-refractivity contribution in [3.63, 3.8) is 0 Å². The Morgan fingerprint density at radius 3 is 2.50 bits per heavy atom. The third kappa shape index (κ3) is 3.59. The first-order valence-electron chi connectivity index (χ1n) is 6.47. The minimum absolute atomic E-state index is 0.0880. The van der Waals surface area contributed by atoms with Crippen molar-refractivity contribution >= 4 is 0 Å². The molecule has 2 aliphatic rings. The summed E-state index contributed by atoms with van der Waals surface area (Å²) in [6, 6.07) is -0.0880. The Kier molecular flexibility index (Phi) is 4.18. The summed E-state index contributed by atoms with van der Waals surface area (Å²) in [6.45, 7) is 3.36. The molecule has 1 N–H and O–H groups in total. The predicted molar refractivity (Wildman–Crippen MR) is 60.1 cm³/mol. The van der Waals surface area contributed by atoms with Gasteiger partial charge in [-0.2, -0.15) is 13.2 Å². The van der Waals surface area contributed by atoms with Crippen LogP contribution in [0.3, 0.4) is 0 Å². The Morgan fingerprint density at radius 2 is 1.89 bits per heavy atom. The van der Waals surface area contributed by atoms with Gasteiger partial charge in [-0.15, -0.1) is 0 Å². The largest absolute Gasteiger partial charge is 0.391 e. The molecular formula is C12H20F3NO2. The van der Waals surface area contributed by atoms with Gasteiger partial charge in [0.15, 0.2) is 5.79 Å². The van der Waals surface area contributed by atoms with Crippen LogP contribution in [0.15, 0.2) is 0 Å². The summed E-state index contributed by atoms with van der Waals surface area (Å²) in [5.41, 5.74) is 0. The van der Waals surface area contributed by atoms with Crippen molar-refractivity contribution in [3.8, 4) is 0 Å². The molecule has 1 saturated heterocycles. The third-order valence-corrected chi connectivity index (χ3v) is 3.75. The molecular weight excluding hydrogens is 247 g/mol. The Hall–Kier alpha value is -0.330. The predicted octanol–water partition coefficient (Wildman–Crippen LogP) is 2.46. The fourth-order valence-electron chi connectivity index (χ4n) is 2.66. The molecule has 0 aromatic rings. The third-order valence-electron chi connectivity index (χ3n) is 3.75. The highest BCUT2D eigenvalue weighted by atomic mass is 19.4. The minimum atomic E-state index is -4.06. The minimum Gasteiger partial charge on any atom is -0.347 e. The molecule has 2 fully saturated rings. The fraction of sp³-hybridized carbons (Fsp3) is 1.00. The van der Waals surface area contributed by atoms with E-state index in [1.54, 1.807) is 0 Å². The van der Waals surface area contributed by atoms with Gasteiger partial charge in [-0.3, -0.25) is 0 Å². The summed E-state index contributed by atoms with van der Waals surface area (Å²) >= 11 is 0. The SMILES string of the molecule is CC1(CN[C@H]2CCC[C@@H](C(F)(F)F)C2)OCCO1. The van der Waals surface area contributed by atoms with Crippen molar-refractivity contribution in [3.05, 3.63) is 0 Å². The lowest BCUT2D eigenvalue weighted by Gasteiger charge is -2.33. The number of hydrogen-bond acceptors (Lipinski definition) is 3. The Balaban J connectivity index is 1.79. The highest BCUT2D eigenvalue weighted by molar-refractivity contribution is 4.83. The van der Waals surface area contributed by atoms with Crippen LogP contribution in [0.25, 0.3) is 0 Å². The second kappa shape index (κ2) is 5.35. The van der Waals surface area contributed by atoms with Crippen LogP contribution in [0, 0.1) is 5.92 Å². The van der Waals surface area contributed by atoms with Gasteiger partial charge in [0, 0.05) is 12.6 Å². The lowest BCUT2D eigenvalue weighted by Crippen LogP contribution is -2.46. The van der Waals surface area contributed by atoms with Crippen LogP contribution in [0.2, 0.25) is 0 Å². The van der Waals surface area contributed by atoms with E-state index in [0.717, 1.165) is 6.42 Å². The van der Waals surface area contributed by atoms with E-state index in [4.69, 9.17) is 9.47 Å². The highest BCUT2D eigenvalue weighted by Gasteiger charge is 2.42. The maximum absolute atomic E-state index is 12.7. The van der Waals surface area contributed by atoms with E-state index in [9.17, 15) is 13.2 Å². The number of rotatable bonds is 3. The fourth-order valence-corrected chi connectivity index (χ4v) is 2.66. The zero-order chi connectivity index (χ0) is 13.2. The van der Waals surface area contributed by atoms with Crippen molar-refractivity contribution in [2.45, 2.75) is 50.6 Å². The molecule has 106 valence electrons. The first kappa shape index (κ1) is 14.1. The molecule has 1 saturated carbocycles. The molecule has 0 bridgehead atoms. The zero-order valence-electron chi connectivity index (χ0n) is 10.6. The Morgan fingerprint density at radius 1 is 1.22 bits per heavy atom. The molecule has 18 heavy (non-hydrogen) atoms. The number of nitrogens with one attached hydrogen (secondary N) is 1. The normalized spacial score (nSPS) is 32.7. The molecule has 2 atom stereocenters. The van der Waals surface area contributed by atoms with Gasteiger partial charge < -0.3 is 14.8 Å². The number of ether oxygens (including phenoxy) is 2. The van der Waals surface area contributed by atoms with Crippen LogP contribution in [0.1, 0.15) is 32.6 Å². The van der Waals surface area contributed by atoms with E-state index < -0.39 is 17.9 Å². The summed E-state index contributed by atoms with van der Waals surface area (Å²) < 4.78 is 48.8. The van der Waals surface area contributed by atoms with E-state index in [2.05, 4.69) is 5.32 Å². The number of hydrogen-bond donors (Lipinski definition) is 1. The van der Waals surface area contributed by atoms with Gasteiger partial charge in [0.25, 0.3) is 0 Å². The summed E-state index contributed by atoms with van der Waals surface area (Å²) in [7, 11) is 0. The van der Waals surface area contributed by atoms with Crippen molar-refractivity contribution in [2.24, 2.45) is 5.92 Å². The first-order chi connectivity index (χ1) is 8.39. The summed E-state index contributed by atoms with van der Waals surface area (Å²) in [4.78, 5) is 0. The Bertz CT molecular complexity index is 277. The maximum Gasteiger partial charge on any atom is 0.391 e. The van der Waals surface area contributed by atoms with Crippen molar-refractivity contribution in [2.75, 3.05) is 19.8 Å². The van der Waals surface area contributed by atoms with Gasteiger partial charge in [0.2, 0.25) is 0 Å². The van der Waals surface area contributed by atoms with Gasteiger partial charge in [0.05, 0.1) is 19.1 Å². The van der Waals surface area contributed by atoms with Gasteiger partial charge in [-0.05, 0) is 26.2 Å². The summed E-state index contributed by atoms with van der Waals surface area (Å²) in [6.07, 6.45) is -2.22. The van der Waals surface area contributed by atoms with E-state index in [0.29, 0.717) is 26.2 Å². The molecule has 0 amide bonds. The molecule has 0 aromatic heterocycles. The van der Waals surface area contributed by atoms with Crippen molar-refractivity contribution in [1.29, 1.82) is 0 Å². The molecule has 2 rings (SSSR count). The van der Waals surface area contributed by atoms with E-state index >= 15 is 0 Å². The second-order valence-corrected chi connectivity index (χ2v) is 5.31. The van der Waals surface area contributed by atoms with E-state index in [-0.39, 0.29) is 18.9 Å². The van der Waals surface area contributed by atoms with Crippen molar-refractivity contribution in [1.82, 2.24) is 5.32 Å². The molecule has 1 aliphatic carbocycles. The van der Waals surface area contributed by atoms with Crippen LogP contribution in [0.4, 0.5) is 13.2 Å². The van der Waals surface area contributed by atoms with Crippen LogP contribution in [-0.2, 0) is 9.47 Å². The van der Waals surface area contributed by atoms with Crippen LogP contribution in [0.5, 0.6) is 0 Å². The molecule has 3 nitrogen and oxygen atoms in total. The molecule has 1 heterocycles. The topological polar surface area (TPSA) is 30.5 Å². The second-order valence-electron chi connectivity index (χ2n) is 5.31. The molecule has 0 spiro atoms. The molecule has 0 aromatic carbocycles. The van der Waals surface area contributed by atoms with Crippen LogP contribution >= 0.6 is 0 Å². The standard InChI is InChI=1S/C12H20F3NO2/c1-11(17-5-6-18-11)8-16-10-4-2-3-9(7-10)12(13,14)15/h9-10,16H,2-8H2,1H3/t9-,10+/m1/s1. The lowest BCUT2D eigenvalue weighted by molar-refractivity contribution is -0.184. The van der Waals surface area contributed by atoms with E-state index in [1.165, 1.54) is 0 Å². The number of halogens is 3. The summed E-state index contributed by atoms with van der Waals surface area (Å²) in [5.74, 6) is -1.84. The average molecular weight is 267 g/mol. The van der Waals surface area contributed by atoms with Crippen LogP contribution in [-0.4, -0.2) is 37.8 Å².